The second kappa shape index (κ2) is 9.16. The monoisotopic (exact) mass is 427 g/mol. The molecule has 1 aromatic rings. The number of guanidine groups is 1. The van der Waals surface area contributed by atoms with Gasteiger partial charge in [-0.3, -0.25) is 9.69 Å². The van der Waals surface area contributed by atoms with Gasteiger partial charge >= 0.3 is 6.03 Å². The van der Waals surface area contributed by atoms with E-state index in [0.717, 1.165) is 43.2 Å². The van der Waals surface area contributed by atoms with Gasteiger partial charge in [-0.15, -0.1) is 0 Å². The highest BCUT2D eigenvalue weighted by molar-refractivity contribution is 6.08. The fraction of sp³-hybridized carbons (Fsp3) is 0.609. The lowest BCUT2D eigenvalue weighted by molar-refractivity contribution is -0.137. The van der Waals surface area contributed by atoms with Crippen LogP contribution in [0.2, 0.25) is 0 Å². The van der Waals surface area contributed by atoms with Gasteiger partial charge < -0.3 is 19.4 Å². The maximum Gasteiger partial charge on any atom is 0.328 e. The van der Waals surface area contributed by atoms with Crippen LogP contribution in [0.25, 0.3) is 0 Å². The van der Waals surface area contributed by atoms with Crippen LogP contribution in [-0.4, -0.2) is 78.6 Å². The summed E-state index contributed by atoms with van der Waals surface area (Å²) in [5, 5.41) is 0. The molecule has 3 aliphatic heterocycles. The summed E-state index contributed by atoms with van der Waals surface area (Å²) >= 11 is 0. The smallest absolute Gasteiger partial charge is 0.328 e. The molecule has 3 amide bonds. The van der Waals surface area contributed by atoms with E-state index in [9.17, 15) is 9.59 Å². The molecule has 4 rings (SSSR count). The van der Waals surface area contributed by atoms with E-state index in [-0.39, 0.29) is 11.9 Å². The van der Waals surface area contributed by atoms with Gasteiger partial charge in [0.2, 0.25) is 5.96 Å². The van der Waals surface area contributed by atoms with Crippen molar-refractivity contribution in [1.29, 1.82) is 0 Å². The summed E-state index contributed by atoms with van der Waals surface area (Å²) in [6.07, 6.45) is 6.26. The molecular formula is C23H33N5O3. The van der Waals surface area contributed by atoms with Gasteiger partial charge in [0.05, 0.1) is 7.11 Å². The Balaban J connectivity index is 1.47. The molecule has 3 aliphatic rings. The van der Waals surface area contributed by atoms with E-state index in [1.54, 1.807) is 19.1 Å². The number of hydrogen-bond acceptors (Lipinski definition) is 6. The maximum atomic E-state index is 13.3. The number of hydrogen-bond donors (Lipinski definition) is 0. The molecule has 0 aromatic heterocycles. The minimum Gasteiger partial charge on any atom is -0.497 e. The number of unbranched alkanes of at least 4 members (excludes halogenated alkanes) is 5. The van der Waals surface area contributed by atoms with Gasteiger partial charge in [0.15, 0.2) is 12.2 Å². The molecule has 2 atom stereocenters. The first-order valence-electron chi connectivity index (χ1n) is 11.4. The summed E-state index contributed by atoms with van der Waals surface area (Å²) in [5.74, 6) is 1.42. The van der Waals surface area contributed by atoms with Gasteiger partial charge in [-0.25, -0.2) is 9.79 Å². The van der Waals surface area contributed by atoms with Gasteiger partial charge in [-0.05, 0) is 18.6 Å². The Morgan fingerprint density at radius 1 is 1.10 bits per heavy atom. The zero-order valence-corrected chi connectivity index (χ0v) is 18.8. The lowest BCUT2D eigenvalue weighted by atomic mass is 10.1. The molecule has 2 saturated heterocycles. The van der Waals surface area contributed by atoms with Crippen molar-refractivity contribution < 1.29 is 14.3 Å². The minimum absolute atomic E-state index is 0.118. The summed E-state index contributed by atoms with van der Waals surface area (Å²) in [6.45, 7) is 4.14. The van der Waals surface area contributed by atoms with Crippen LogP contribution >= 0.6 is 0 Å². The van der Waals surface area contributed by atoms with Crippen LogP contribution < -0.4 is 9.64 Å². The summed E-state index contributed by atoms with van der Waals surface area (Å²) in [7, 11) is 3.40. The molecular weight excluding hydrogens is 394 g/mol. The van der Waals surface area contributed by atoms with Crippen molar-refractivity contribution in [2.75, 3.05) is 38.7 Å². The van der Waals surface area contributed by atoms with Crippen LogP contribution in [0.3, 0.4) is 0 Å². The second-order valence-electron chi connectivity index (χ2n) is 8.49. The van der Waals surface area contributed by atoms with E-state index in [1.807, 2.05) is 24.3 Å². The van der Waals surface area contributed by atoms with Gasteiger partial charge in [-0.1, -0.05) is 45.1 Å². The number of ether oxygens (including phenoxy) is 1. The van der Waals surface area contributed by atoms with Crippen molar-refractivity contribution in [2.45, 2.75) is 57.7 Å². The molecule has 3 heterocycles. The largest absolute Gasteiger partial charge is 0.497 e. The first-order chi connectivity index (χ1) is 15.1. The number of anilines is 1. The minimum atomic E-state index is -0.468. The normalized spacial score (nSPS) is 22.7. The average molecular weight is 428 g/mol. The molecule has 2 fully saturated rings. The molecule has 31 heavy (non-hydrogen) atoms. The van der Waals surface area contributed by atoms with E-state index >= 15 is 0 Å². The molecule has 8 heteroatoms. The number of benzene rings is 1. The Labute approximate surface area is 184 Å². The number of aliphatic imine (C=N–C) groups is 1. The number of methoxy groups -OCH3 is 1. The van der Waals surface area contributed by atoms with Crippen molar-refractivity contribution in [2.24, 2.45) is 4.99 Å². The van der Waals surface area contributed by atoms with Crippen LogP contribution in [0.15, 0.2) is 29.3 Å². The molecule has 8 nitrogen and oxygen atoms in total. The second-order valence-corrected chi connectivity index (χ2v) is 8.49. The van der Waals surface area contributed by atoms with E-state index in [0.29, 0.717) is 13.1 Å². The van der Waals surface area contributed by atoms with Crippen LogP contribution in [-0.2, 0) is 4.79 Å². The SMILES string of the molecule is CCCCCCCCN1C(=O)C2C(N=C3N(c4cccc(OC)c4)CCN32)N(C)C1=O. The number of carbonyl (C=O) groups is 2. The van der Waals surface area contributed by atoms with Crippen molar-refractivity contribution in [3.63, 3.8) is 0 Å². The van der Waals surface area contributed by atoms with Gasteiger partial charge in [0.25, 0.3) is 5.91 Å². The first kappa shape index (κ1) is 21.5. The highest BCUT2D eigenvalue weighted by Gasteiger charge is 2.54. The molecule has 2 unspecified atom stereocenters. The third kappa shape index (κ3) is 3.95. The Kier molecular flexibility index (Phi) is 6.34. The predicted molar refractivity (Wildman–Crippen MR) is 120 cm³/mol. The molecule has 1 aromatic carbocycles. The number of likely N-dealkylation sites (N-methyl/N-ethyl adjacent to an activating group) is 1. The fourth-order valence-corrected chi connectivity index (χ4v) is 4.72. The van der Waals surface area contributed by atoms with Crippen LogP contribution in [0.5, 0.6) is 5.75 Å². The van der Waals surface area contributed by atoms with E-state index < -0.39 is 12.2 Å². The number of amides is 3. The Morgan fingerprint density at radius 3 is 2.65 bits per heavy atom. The molecule has 0 spiro atoms. The molecule has 0 radical (unpaired) electrons. The molecule has 0 aliphatic carbocycles. The maximum absolute atomic E-state index is 13.3. The van der Waals surface area contributed by atoms with E-state index in [1.165, 1.54) is 24.2 Å². The molecule has 168 valence electrons. The van der Waals surface area contributed by atoms with Crippen LogP contribution in [0, 0.1) is 0 Å². The molecule has 0 bridgehead atoms. The zero-order chi connectivity index (χ0) is 22.0. The summed E-state index contributed by atoms with van der Waals surface area (Å²) < 4.78 is 5.36. The van der Waals surface area contributed by atoms with Crippen LogP contribution in [0.1, 0.15) is 45.4 Å². The number of rotatable bonds is 9. The van der Waals surface area contributed by atoms with Crippen molar-refractivity contribution in [1.82, 2.24) is 14.7 Å². The van der Waals surface area contributed by atoms with E-state index in [2.05, 4.69) is 16.7 Å². The quantitative estimate of drug-likeness (QED) is 0.567. The van der Waals surface area contributed by atoms with Gasteiger partial charge in [-0.2, -0.15) is 0 Å². The summed E-state index contributed by atoms with van der Waals surface area (Å²) in [5.41, 5.74) is 0.976. The fourth-order valence-electron chi connectivity index (χ4n) is 4.72. The highest BCUT2D eigenvalue weighted by atomic mass is 16.5. The van der Waals surface area contributed by atoms with Gasteiger partial charge in [0.1, 0.15) is 5.75 Å². The third-order valence-electron chi connectivity index (χ3n) is 6.48. The lowest BCUT2D eigenvalue weighted by Crippen LogP contribution is -2.64. The highest BCUT2D eigenvalue weighted by Crippen LogP contribution is 2.34. The predicted octanol–water partition coefficient (Wildman–Crippen LogP) is 3.14. The third-order valence-corrected chi connectivity index (χ3v) is 6.48. The number of carbonyl (C=O) groups excluding carboxylic acids is 2. The number of urea groups is 1. The lowest BCUT2D eigenvalue weighted by Gasteiger charge is -2.40. The molecule has 0 N–H and O–H groups in total. The van der Waals surface area contributed by atoms with Gasteiger partial charge in [0, 0.05) is 38.4 Å². The Hall–Kier alpha value is -2.77. The number of nitrogens with zero attached hydrogens (tertiary/aromatic N) is 5. The summed E-state index contributed by atoms with van der Waals surface area (Å²) in [4.78, 5) is 38.3. The first-order valence-corrected chi connectivity index (χ1v) is 11.4. The Morgan fingerprint density at radius 2 is 1.87 bits per heavy atom. The zero-order valence-electron chi connectivity index (χ0n) is 18.8. The Bertz CT molecular complexity index is 857. The average Bonchev–Trinajstić information content (AvgIpc) is 3.36. The van der Waals surface area contributed by atoms with Crippen molar-refractivity contribution >= 4 is 23.6 Å². The van der Waals surface area contributed by atoms with Crippen LogP contribution in [0.4, 0.5) is 10.5 Å². The number of imide groups is 1. The topological polar surface area (TPSA) is 68.7 Å². The van der Waals surface area contributed by atoms with E-state index in [4.69, 9.17) is 9.73 Å². The molecule has 0 saturated carbocycles. The summed E-state index contributed by atoms with van der Waals surface area (Å²) in [6, 6.07) is 7.16. The van der Waals surface area contributed by atoms with Crippen molar-refractivity contribution in [3.8, 4) is 5.75 Å². The van der Waals surface area contributed by atoms with Crippen molar-refractivity contribution in [3.05, 3.63) is 24.3 Å². The standard InChI is InChI=1S/C23H33N5O3/c1-4-5-6-7-8-9-13-28-21(29)19-20(25(2)23(28)30)24-22-26(14-15-27(19)22)17-11-10-12-18(16-17)31-3/h10-12,16,19-20H,4-9,13-15H2,1-3H3. The number of fused-ring (bicyclic) bond motifs is 3.